The molecule has 1 unspecified atom stereocenters. The maximum Gasteiger partial charge on any atom is 0.267 e. The van der Waals surface area contributed by atoms with Crippen LogP contribution in [0.2, 0.25) is 0 Å². The number of amides is 1. The summed E-state index contributed by atoms with van der Waals surface area (Å²) < 4.78 is 3.81. The second-order valence-corrected chi connectivity index (χ2v) is 4.93. The van der Waals surface area contributed by atoms with E-state index in [4.69, 9.17) is 0 Å². The van der Waals surface area contributed by atoms with Crippen molar-refractivity contribution in [3.05, 3.63) is 10.6 Å². The minimum absolute atomic E-state index is 0.125. The largest absolute Gasteiger partial charge is 0.392 e. The van der Waals surface area contributed by atoms with E-state index in [1.165, 1.54) is 4.90 Å². The van der Waals surface area contributed by atoms with Crippen LogP contribution in [0, 0.1) is 0 Å². The highest BCUT2D eigenvalue weighted by Gasteiger charge is 2.22. The van der Waals surface area contributed by atoms with Crippen LogP contribution in [0.3, 0.4) is 0 Å². The molecule has 0 aromatic carbocycles. The normalized spacial score (nSPS) is 12.9. The minimum Gasteiger partial charge on any atom is -0.392 e. The fraction of sp³-hybridized carbons (Fsp3) is 0.700. The molecule has 0 saturated heterocycles. The first-order chi connectivity index (χ1) is 7.43. The van der Waals surface area contributed by atoms with Gasteiger partial charge in [0.1, 0.15) is 4.88 Å². The molecular weight excluding hydrogens is 226 g/mol. The number of hydrogen-bond acceptors (Lipinski definition) is 5. The predicted molar refractivity (Wildman–Crippen MR) is 62.6 cm³/mol. The number of carbonyl (C=O) groups is 1. The number of hydrogen-bond donors (Lipinski definition) is 1. The quantitative estimate of drug-likeness (QED) is 0.860. The summed E-state index contributed by atoms with van der Waals surface area (Å²) in [6.45, 7) is 5.91. The Kier molecular flexibility index (Phi) is 4.37. The van der Waals surface area contributed by atoms with E-state index >= 15 is 0 Å². The van der Waals surface area contributed by atoms with Crippen molar-refractivity contribution in [2.75, 3.05) is 13.6 Å². The van der Waals surface area contributed by atoms with Crippen molar-refractivity contribution in [2.24, 2.45) is 0 Å². The van der Waals surface area contributed by atoms with Crippen LogP contribution >= 0.6 is 11.5 Å². The molecule has 0 aliphatic carbocycles. The van der Waals surface area contributed by atoms with Gasteiger partial charge in [0.2, 0.25) is 0 Å². The van der Waals surface area contributed by atoms with E-state index in [2.05, 4.69) is 9.59 Å². The van der Waals surface area contributed by atoms with Gasteiger partial charge in [-0.15, -0.1) is 5.10 Å². The van der Waals surface area contributed by atoms with Crippen molar-refractivity contribution in [3.8, 4) is 0 Å². The van der Waals surface area contributed by atoms with E-state index in [1.807, 2.05) is 13.8 Å². The van der Waals surface area contributed by atoms with E-state index in [0.29, 0.717) is 11.4 Å². The molecule has 16 heavy (non-hydrogen) atoms. The summed E-state index contributed by atoms with van der Waals surface area (Å²) >= 11 is 1.11. The fourth-order valence-electron chi connectivity index (χ4n) is 1.38. The molecule has 5 nitrogen and oxygen atoms in total. The molecule has 1 aromatic heterocycles. The molecule has 1 aromatic rings. The number of nitrogens with zero attached hydrogens (tertiary/aromatic N) is 3. The maximum atomic E-state index is 12.0. The number of rotatable bonds is 4. The van der Waals surface area contributed by atoms with Gasteiger partial charge in [0.15, 0.2) is 0 Å². The van der Waals surface area contributed by atoms with Crippen LogP contribution in [0.5, 0.6) is 0 Å². The molecule has 0 fully saturated rings. The van der Waals surface area contributed by atoms with E-state index in [1.54, 1.807) is 14.0 Å². The average Bonchev–Trinajstić information content (AvgIpc) is 2.63. The predicted octanol–water partition coefficient (Wildman–Crippen LogP) is 1.11. The highest BCUT2D eigenvalue weighted by atomic mass is 32.1. The first-order valence-corrected chi connectivity index (χ1v) is 5.96. The lowest BCUT2D eigenvalue weighted by atomic mass is 10.1. The van der Waals surface area contributed by atoms with Crippen LogP contribution in [0.15, 0.2) is 0 Å². The first kappa shape index (κ1) is 13.1. The van der Waals surface area contributed by atoms with E-state index in [-0.39, 0.29) is 11.8 Å². The number of aromatic nitrogens is 2. The third-order valence-corrected chi connectivity index (χ3v) is 2.87. The van der Waals surface area contributed by atoms with Crippen molar-refractivity contribution in [1.82, 2.24) is 14.5 Å². The third-order valence-electron chi connectivity index (χ3n) is 2.14. The molecule has 1 heterocycles. The first-order valence-electron chi connectivity index (χ1n) is 5.19. The zero-order valence-corrected chi connectivity index (χ0v) is 10.8. The van der Waals surface area contributed by atoms with Crippen molar-refractivity contribution >= 4 is 17.4 Å². The number of aliphatic hydroxyl groups excluding tert-OH is 1. The molecule has 0 radical (unpaired) electrons. The SMILES string of the molecule is CC(O)CN(C)C(=O)c1snnc1C(C)C. The zero-order valence-electron chi connectivity index (χ0n) is 9.97. The molecule has 6 heteroatoms. The van der Waals surface area contributed by atoms with Gasteiger partial charge in [-0.2, -0.15) is 0 Å². The summed E-state index contributed by atoms with van der Waals surface area (Å²) in [5.74, 6) is 0.0530. The van der Waals surface area contributed by atoms with Gasteiger partial charge in [-0.05, 0) is 24.4 Å². The number of likely N-dealkylation sites (N-methyl/N-ethyl adjacent to an activating group) is 1. The Morgan fingerprint density at radius 2 is 2.12 bits per heavy atom. The highest BCUT2D eigenvalue weighted by molar-refractivity contribution is 7.08. The van der Waals surface area contributed by atoms with Crippen LogP contribution < -0.4 is 0 Å². The van der Waals surface area contributed by atoms with Crippen LogP contribution in [0.25, 0.3) is 0 Å². The second-order valence-electron chi connectivity index (χ2n) is 4.18. The molecule has 0 aliphatic heterocycles. The summed E-state index contributed by atoms with van der Waals surface area (Å²) in [6, 6.07) is 0. The van der Waals surface area contributed by atoms with Crippen molar-refractivity contribution in [3.63, 3.8) is 0 Å². The highest BCUT2D eigenvalue weighted by Crippen LogP contribution is 2.20. The molecule has 0 spiro atoms. The molecule has 0 bridgehead atoms. The lowest BCUT2D eigenvalue weighted by molar-refractivity contribution is 0.0706. The molecule has 90 valence electrons. The van der Waals surface area contributed by atoms with Gasteiger partial charge in [-0.1, -0.05) is 18.3 Å². The monoisotopic (exact) mass is 243 g/mol. The van der Waals surface area contributed by atoms with Gasteiger partial charge in [0.05, 0.1) is 11.8 Å². The van der Waals surface area contributed by atoms with Gasteiger partial charge in [-0.25, -0.2) is 0 Å². The number of aliphatic hydroxyl groups is 1. The molecule has 1 rings (SSSR count). The third kappa shape index (κ3) is 2.99. The van der Waals surface area contributed by atoms with E-state index in [0.717, 1.165) is 17.2 Å². The molecule has 0 saturated carbocycles. The van der Waals surface area contributed by atoms with Gasteiger partial charge in [0, 0.05) is 13.6 Å². The Morgan fingerprint density at radius 3 is 2.62 bits per heavy atom. The van der Waals surface area contributed by atoms with Crippen LogP contribution in [-0.2, 0) is 0 Å². The summed E-state index contributed by atoms with van der Waals surface area (Å²) in [7, 11) is 1.67. The zero-order chi connectivity index (χ0) is 12.3. The Morgan fingerprint density at radius 1 is 1.50 bits per heavy atom. The minimum atomic E-state index is -0.530. The topological polar surface area (TPSA) is 66.3 Å². The average molecular weight is 243 g/mol. The van der Waals surface area contributed by atoms with Crippen molar-refractivity contribution in [1.29, 1.82) is 0 Å². The second kappa shape index (κ2) is 5.36. The van der Waals surface area contributed by atoms with Crippen molar-refractivity contribution < 1.29 is 9.90 Å². The Bertz CT molecular complexity index is 363. The molecular formula is C10H17N3O2S. The summed E-state index contributed by atoms with van der Waals surface area (Å²) in [5, 5.41) is 13.2. The molecule has 1 amide bonds. The Labute approximate surface area is 99.3 Å². The Balaban J connectivity index is 2.83. The molecule has 1 N–H and O–H groups in total. The van der Waals surface area contributed by atoms with Crippen LogP contribution in [-0.4, -0.2) is 45.2 Å². The maximum absolute atomic E-state index is 12.0. The fourth-order valence-corrected chi connectivity index (χ4v) is 2.19. The van der Waals surface area contributed by atoms with Gasteiger partial charge in [-0.3, -0.25) is 4.79 Å². The van der Waals surface area contributed by atoms with Crippen molar-refractivity contribution in [2.45, 2.75) is 32.8 Å². The van der Waals surface area contributed by atoms with Crippen LogP contribution in [0.1, 0.15) is 42.1 Å². The lowest BCUT2D eigenvalue weighted by Crippen LogP contribution is -2.33. The van der Waals surface area contributed by atoms with Gasteiger partial charge >= 0.3 is 0 Å². The van der Waals surface area contributed by atoms with Gasteiger partial charge < -0.3 is 10.0 Å². The standard InChI is InChI=1S/C10H17N3O2S/c1-6(2)8-9(16-12-11-8)10(15)13(4)5-7(3)14/h6-7,14H,5H2,1-4H3. The van der Waals surface area contributed by atoms with Gasteiger partial charge in [0.25, 0.3) is 5.91 Å². The number of carbonyl (C=O) groups excluding carboxylic acids is 1. The van der Waals surface area contributed by atoms with Crippen LogP contribution in [0.4, 0.5) is 0 Å². The summed E-state index contributed by atoms with van der Waals surface area (Å²) in [4.78, 5) is 14.1. The Hall–Kier alpha value is -1.01. The molecule has 0 aliphatic rings. The smallest absolute Gasteiger partial charge is 0.267 e. The van der Waals surface area contributed by atoms with E-state index < -0.39 is 6.10 Å². The molecule has 1 atom stereocenters. The van der Waals surface area contributed by atoms with E-state index in [9.17, 15) is 9.90 Å². The summed E-state index contributed by atoms with van der Waals surface area (Å²) in [6.07, 6.45) is -0.530. The lowest BCUT2D eigenvalue weighted by Gasteiger charge is -2.18. The summed E-state index contributed by atoms with van der Waals surface area (Å²) in [5.41, 5.74) is 0.729.